The number of nitrogens with zero attached hydrogens (tertiary/aromatic N) is 1. The smallest absolute Gasteiger partial charge is 0.274 e. The molecule has 1 aromatic rings. The minimum absolute atomic E-state index is 0. The maximum absolute atomic E-state index is 12.6. The number of benzene rings is 1. The predicted molar refractivity (Wildman–Crippen MR) is 90.6 cm³/mol. The van der Waals surface area contributed by atoms with Gasteiger partial charge < -0.3 is 14.4 Å². The fourth-order valence-electron chi connectivity index (χ4n) is 2.92. The van der Waals surface area contributed by atoms with Crippen molar-refractivity contribution in [3.05, 3.63) is 29.3 Å². The first-order valence-electron chi connectivity index (χ1n) is 7.72. The van der Waals surface area contributed by atoms with Crippen LogP contribution in [0.25, 0.3) is 0 Å². The van der Waals surface area contributed by atoms with Crippen LogP contribution in [0, 0.1) is 0 Å². The summed E-state index contributed by atoms with van der Waals surface area (Å²) in [6.07, 6.45) is 1.30. The first kappa shape index (κ1) is 18.6. The highest BCUT2D eigenvalue weighted by atomic mass is 32.1. The number of rotatable bonds is 2. The molecule has 3 rings (SSSR count). The van der Waals surface area contributed by atoms with Gasteiger partial charge in [0.15, 0.2) is 0 Å². The average Bonchev–Trinajstić information content (AvgIpc) is 3.05. The molecule has 0 aromatic heterocycles. The molecule has 1 aromatic carbocycles. The van der Waals surface area contributed by atoms with Crippen molar-refractivity contribution >= 4 is 25.3 Å². The Morgan fingerprint density at radius 3 is 2.83 bits per heavy atom. The highest BCUT2D eigenvalue weighted by molar-refractivity contribution is 7.59. The van der Waals surface area contributed by atoms with Crippen LogP contribution in [0.3, 0.4) is 0 Å². The van der Waals surface area contributed by atoms with Crippen LogP contribution in [0.2, 0.25) is 0 Å². The molecule has 132 valence electrons. The van der Waals surface area contributed by atoms with Gasteiger partial charge in [-0.3, -0.25) is 14.8 Å². The van der Waals surface area contributed by atoms with Gasteiger partial charge >= 0.3 is 0 Å². The van der Waals surface area contributed by atoms with E-state index in [0.29, 0.717) is 31.1 Å². The number of fused-ring (bicyclic) bond motifs is 1. The number of hydrogen-bond acceptors (Lipinski definition) is 5. The summed E-state index contributed by atoms with van der Waals surface area (Å²) < 4.78 is 11.2. The summed E-state index contributed by atoms with van der Waals surface area (Å²) in [5.41, 5.74) is 2.73. The van der Waals surface area contributed by atoms with Crippen LogP contribution in [-0.2, 0) is 16.1 Å². The van der Waals surface area contributed by atoms with Crippen molar-refractivity contribution in [2.45, 2.75) is 38.5 Å². The molecule has 1 saturated heterocycles. The molecule has 0 unspecified atom stereocenters. The molecule has 2 aliphatic rings. The van der Waals surface area contributed by atoms with Crippen molar-refractivity contribution in [3.8, 4) is 5.75 Å². The van der Waals surface area contributed by atoms with E-state index < -0.39 is 5.91 Å². The summed E-state index contributed by atoms with van der Waals surface area (Å²) in [6.45, 7) is 3.32. The van der Waals surface area contributed by atoms with E-state index in [2.05, 4.69) is 0 Å². The van der Waals surface area contributed by atoms with Crippen LogP contribution in [0.4, 0.5) is 0 Å². The van der Waals surface area contributed by atoms with E-state index in [1.807, 2.05) is 6.92 Å². The minimum atomic E-state index is -0.596. The molecule has 0 radical (unpaired) electrons. The lowest BCUT2D eigenvalue weighted by Gasteiger charge is -2.28. The Balaban J connectivity index is 0.00000208. The molecule has 7 nitrogen and oxygen atoms in total. The fourth-order valence-corrected chi connectivity index (χ4v) is 2.92. The summed E-state index contributed by atoms with van der Waals surface area (Å²) >= 11 is 0. The third-order valence-electron chi connectivity index (χ3n) is 4.27. The molecular weight excluding hydrogens is 332 g/mol. The monoisotopic (exact) mass is 354 g/mol. The molecular formula is C16H22N2O5S. The van der Waals surface area contributed by atoms with E-state index in [-0.39, 0.29) is 31.5 Å². The molecule has 24 heavy (non-hydrogen) atoms. The third-order valence-corrected chi connectivity index (χ3v) is 4.27. The van der Waals surface area contributed by atoms with Crippen LogP contribution in [0.1, 0.15) is 35.7 Å². The summed E-state index contributed by atoms with van der Waals surface area (Å²) in [6, 6.07) is 4.83. The van der Waals surface area contributed by atoms with Crippen LogP contribution >= 0.6 is 13.5 Å². The van der Waals surface area contributed by atoms with Gasteiger partial charge in [0, 0.05) is 24.3 Å². The normalized spacial score (nSPS) is 22.7. The largest absolute Gasteiger partial charge is 0.491 e. The van der Waals surface area contributed by atoms with Crippen molar-refractivity contribution in [2.24, 2.45) is 0 Å². The van der Waals surface area contributed by atoms with Crippen molar-refractivity contribution in [1.82, 2.24) is 10.4 Å². The van der Waals surface area contributed by atoms with Crippen molar-refractivity contribution < 1.29 is 24.3 Å². The molecule has 2 amide bonds. The Labute approximate surface area is 147 Å². The van der Waals surface area contributed by atoms with Crippen molar-refractivity contribution in [3.63, 3.8) is 0 Å². The van der Waals surface area contributed by atoms with Gasteiger partial charge in [-0.25, -0.2) is 5.48 Å². The predicted octanol–water partition coefficient (Wildman–Crippen LogP) is 1.21. The molecule has 2 N–H and O–H groups in total. The van der Waals surface area contributed by atoms with Gasteiger partial charge in [0.25, 0.3) is 11.8 Å². The first-order valence-corrected chi connectivity index (χ1v) is 7.72. The molecule has 0 aliphatic carbocycles. The number of hydroxylamine groups is 1. The zero-order valence-corrected chi connectivity index (χ0v) is 14.4. The second kappa shape index (κ2) is 7.87. The Bertz CT molecular complexity index is 618. The number of hydrogen-bond donors (Lipinski definition) is 2. The molecule has 1 fully saturated rings. The number of nitrogens with one attached hydrogen (secondary N) is 1. The van der Waals surface area contributed by atoms with Crippen molar-refractivity contribution in [1.29, 1.82) is 0 Å². The highest BCUT2D eigenvalue weighted by Gasteiger charge is 2.33. The summed E-state index contributed by atoms with van der Waals surface area (Å²) in [4.78, 5) is 25.9. The first-order chi connectivity index (χ1) is 11.1. The van der Waals surface area contributed by atoms with Crippen molar-refractivity contribution in [2.75, 3.05) is 13.2 Å². The average molecular weight is 354 g/mol. The standard InChI is InChI=1S/C16H20N2O5.H2S/c1-10-9-23-14-7-11(15(19)17-21)4-5-12(14)8-18(10)16(20)13-3-2-6-22-13;/h4-5,7,10,13,21H,2-3,6,8-9H2,1H3,(H,17,19);1H2/t10-,13+;/m0./s1. The van der Waals surface area contributed by atoms with Gasteiger partial charge in [0.1, 0.15) is 18.5 Å². The van der Waals surface area contributed by atoms with Gasteiger partial charge in [0.05, 0.1) is 6.04 Å². The fraction of sp³-hybridized carbons (Fsp3) is 0.500. The van der Waals surface area contributed by atoms with Gasteiger partial charge in [-0.15, -0.1) is 0 Å². The van der Waals surface area contributed by atoms with Gasteiger partial charge in [-0.1, -0.05) is 6.07 Å². The Kier molecular flexibility index (Phi) is 6.09. The van der Waals surface area contributed by atoms with E-state index in [1.54, 1.807) is 28.6 Å². The third kappa shape index (κ3) is 3.66. The maximum atomic E-state index is 12.6. The van der Waals surface area contributed by atoms with E-state index in [9.17, 15) is 9.59 Å². The second-order valence-electron chi connectivity index (χ2n) is 5.89. The van der Waals surface area contributed by atoms with E-state index in [4.69, 9.17) is 14.7 Å². The van der Waals surface area contributed by atoms with Crippen LogP contribution in [0.5, 0.6) is 5.75 Å². The summed E-state index contributed by atoms with van der Waals surface area (Å²) in [7, 11) is 0. The quantitative estimate of drug-likeness (QED) is 0.616. The van der Waals surface area contributed by atoms with Gasteiger partial charge in [-0.05, 0) is 31.9 Å². The maximum Gasteiger partial charge on any atom is 0.274 e. The molecule has 2 heterocycles. The zero-order valence-electron chi connectivity index (χ0n) is 13.4. The molecule has 8 heteroatoms. The van der Waals surface area contributed by atoms with E-state index in [0.717, 1.165) is 18.4 Å². The highest BCUT2D eigenvalue weighted by Crippen LogP contribution is 2.28. The van der Waals surface area contributed by atoms with Crippen LogP contribution in [0.15, 0.2) is 18.2 Å². The Morgan fingerprint density at radius 2 is 2.17 bits per heavy atom. The molecule has 2 aliphatic heterocycles. The molecule has 0 saturated carbocycles. The second-order valence-corrected chi connectivity index (χ2v) is 5.89. The van der Waals surface area contributed by atoms with Crippen LogP contribution < -0.4 is 10.2 Å². The minimum Gasteiger partial charge on any atom is -0.491 e. The number of amides is 2. The SMILES string of the molecule is C[C@H]1COc2cc(C(=O)NO)ccc2CN1C(=O)[C@H]1CCCO1.S. The van der Waals surface area contributed by atoms with Gasteiger partial charge in [-0.2, -0.15) is 13.5 Å². The molecule has 0 spiro atoms. The summed E-state index contributed by atoms with van der Waals surface area (Å²) in [5.74, 6) is -0.0507. The number of carbonyl (C=O) groups is 2. The Hall–Kier alpha value is -1.77. The topological polar surface area (TPSA) is 88.1 Å². The summed E-state index contributed by atoms with van der Waals surface area (Å²) in [5, 5.41) is 8.72. The zero-order chi connectivity index (χ0) is 16.4. The number of carbonyl (C=O) groups excluding carboxylic acids is 2. The molecule has 0 bridgehead atoms. The Morgan fingerprint density at radius 1 is 1.38 bits per heavy atom. The van der Waals surface area contributed by atoms with Gasteiger partial charge in [0.2, 0.25) is 0 Å². The molecule has 2 atom stereocenters. The van der Waals surface area contributed by atoms with Crippen LogP contribution in [-0.4, -0.2) is 47.3 Å². The van der Waals surface area contributed by atoms with E-state index >= 15 is 0 Å². The lowest BCUT2D eigenvalue weighted by molar-refractivity contribution is -0.144. The lowest BCUT2D eigenvalue weighted by atomic mass is 10.1. The van der Waals surface area contributed by atoms with E-state index in [1.165, 1.54) is 0 Å². The number of ether oxygens (including phenoxy) is 2. The lowest BCUT2D eigenvalue weighted by Crippen LogP contribution is -2.45.